The van der Waals surface area contributed by atoms with Crippen LogP contribution in [0.5, 0.6) is 11.5 Å². The SMILES string of the molecule is COc1ccc(C(=O)NC[C@H](c2cccn2C)N2CCCCCC2)cc1OC. The van der Waals surface area contributed by atoms with Crippen LogP contribution in [0.4, 0.5) is 0 Å². The summed E-state index contributed by atoms with van der Waals surface area (Å²) >= 11 is 0. The highest BCUT2D eigenvalue weighted by atomic mass is 16.5. The Bertz CT molecular complexity index is 779. The first-order chi connectivity index (χ1) is 13.6. The standard InChI is InChI=1S/C22H31N3O3/c1-24-12-8-9-18(24)19(25-13-6-4-5-7-14-25)16-23-22(26)17-10-11-20(27-2)21(15-17)28-3/h8-12,15,19H,4-7,13-14,16H2,1-3H3,(H,23,26)/t19-/m1/s1. The second kappa shape index (κ2) is 9.64. The fourth-order valence-electron chi connectivity index (χ4n) is 3.92. The van der Waals surface area contributed by atoms with E-state index >= 15 is 0 Å². The third-order valence-electron chi connectivity index (χ3n) is 5.51. The Labute approximate surface area is 167 Å². The van der Waals surface area contributed by atoms with Crippen molar-refractivity contribution in [2.45, 2.75) is 31.7 Å². The maximum atomic E-state index is 12.8. The molecule has 28 heavy (non-hydrogen) atoms. The molecule has 6 heteroatoms. The molecule has 0 spiro atoms. The van der Waals surface area contributed by atoms with Crippen LogP contribution in [0.2, 0.25) is 0 Å². The van der Waals surface area contributed by atoms with Crippen LogP contribution in [0.3, 0.4) is 0 Å². The third kappa shape index (κ3) is 4.68. The lowest BCUT2D eigenvalue weighted by atomic mass is 10.1. The second-order valence-electron chi connectivity index (χ2n) is 7.29. The van der Waals surface area contributed by atoms with E-state index in [4.69, 9.17) is 9.47 Å². The first-order valence-corrected chi connectivity index (χ1v) is 9.99. The molecule has 1 aliphatic rings. The molecule has 1 atom stereocenters. The Hall–Kier alpha value is -2.47. The van der Waals surface area contributed by atoms with Gasteiger partial charge in [-0.15, -0.1) is 0 Å². The number of ether oxygens (including phenoxy) is 2. The summed E-state index contributed by atoms with van der Waals surface area (Å²) in [5.41, 5.74) is 1.80. The zero-order valence-electron chi connectivity index (χ0n) is 17.1. The number of nitrogens with one attached hydrogen (secondary N) is 1. The summed E-state index contributed by atoms with van der Waals surface area (Å²) in [5, 5.41) is 3.13. The minimum Gasteiger partial charge on any atom is -0.493 e. The van der Waals surface area contributed by atoms with Crippen LogP contribution in [-0.4, -0.2) is 49.2 Å². The second-order valence-corrected chi connectivity index (χ2v) is 7.29. The predicted octanol–water partition coefficient (Wildman–Crippen LogP) is 3.39. The van der Waals surface area contributed by atoms with E-state index in [-0.39, 0.29) is 11.9 Å². The van der Waals surface area contributed by atoms with E-state index in [1.54, 1.807) is 32.4 Å². The third-order valence-corrected chi connectivity index (χ3v) is 5.51. The minimum absolute atomic E-state index is 0.102. The fourth-order valence-corrected chi connectivity index (χ4v) is 3.92. The molecule has 1 aromatic heterocycles. The fraction of sp³-hybridized carbons (Fsp3) is 0.500. The first-order valence-electron chi connectivity index (χ1n) is 9.99. The van der Waals surface area contributed by atoms with Crippen molar-refractivity contribution in [3.63, 3.8) is 0 Å². The number of carbonyl (C=O) groups excluding carboxylic acids is 1. The number of hydrogen-bond donors (Lipinski definition) is 1. The number of benzene rings is 1. The van der Waals surface area contributed by atoms with Gasteiger partial charge in [-0.25, -0.2) is 0 Å². The van der Waals surface area contributed by atoms with Crippen molar-refractivity contribution in [2.75, 3.05) is 33.9 Å². The van der Waals surface area contributed by atoms with E-state index in [0.29, 0.717) is 23.6 Å². The van der Waals surface area contributed by atoms with Crippen molar-refractivity contribution in [3.8, 4) is 11.5 Å². The van der Waals surface area contributed by atoms with Crippen molar-refractivity contribution in [1.29, 1.82) is 0 Å². The lowest BCUT2D eigenvalue weighted by Gasteiger charge is -2.31. The maximum absolute atomic E-state index is 12.8. The van der Waals surface area contributed by atoms with Gasteiger partial charge in [0.25, 0.3) is 5.91 Å². The summed E-state index contributed by atoms with van der Waals surface area (Å²) in [6, 6.07) is 9.63. The van der Waals surface area contributed by atoms with Gasteiger partial charge in [0.05, 0.1) is 20.3 Å². The molecule has 2 heterocycles. The van der Waals surface area contributed by atoms with Crippen molar-refractivity contribution >= 4 is 5.91 Å². The number of amides is 1. The molecular weight excluding hydrogens is 354 g/mol. The number of rotatable bonds is 7. The minimum atomic E-state index is -0.102. The lowest BCUT2D eigenvalue weighted by Crippen LogP contribution is -2.39. The zero-order valence-corrected chi connectivity index (χ0v) is 17.1. The van der Waals surface area contributed by atoms with Crippen LogP contribution in [-0.2, 0) is 7.05 Å². The van der Waals surface area contributed by atoms with Crippen LogP contribution >= 0.6 is 0 Å². The van der Waals surface area contributed by atoms with Gasteiger partial charge < -0.3 is 19.4 Å². The Morgan fingerprint density at radius 2 is 1.79 bits per heavy atom. The van der Waals surface area contributed by atoms with Crippen LogP contribution < -0.4 is 14.8 Å². The Morgan fingerprint density at radius 1 is 1.07 bits per heavy atom. The molecule has 0 radical (unpaired) electrons. The first kappa shape index (κ1) is 20.3. The summed E-state index contributed by atoms with van der Waals surface area (Å²) in [4.78, 5) is 15.3. The molecular formula is C22H31N3O3. The van der Waals surface area contributed by atoms with Gasteiger partial charge in [0.2, 0.25) is 0 Å². The highest BCUT2D eigenvalue weighted by Gasteiger charge is 2.24. The number of methoxy groups -OCH3 is 2. The average molecular weight is 386 g/mol. The topological polar surface area (TPSA) is 55.7 Å². The van der Waals surface area contributed by atoms with Gasteiger partial charge in [0.15, 0.2) is 11.5 Å². The summed E-state index contributed by atoms with van der Waals surface area (Å²) in [5.74, 6) is 1.07. The van der Waals surface area contributed by atoms with Gasteiger partial charge in [-0.05, 0) is 56.3 Å². The highest BCUT2D eigenvalue weighted by Crippen LogP contribution is 2.28. The van der Waals surface area contributed by atoms with Gasteiger partial charge in [-0.1, -0.05) is 12.8 Å². The molecule has 152 valence electrons. The van der Waals surface area contributed by atoms with Crippen LogP contribution in [0.15, 0.2) is 36.5 Å². The molecule has 2 aromatic rings. The van der Waals surface area contributed by atoms with E-state index < -0.39 is 0 Å². The summed E-state index contributed by atoms with van der Waals surface area (Å²) in [7, 11) is 5.23. The molecule has 1 N–H and O–H groups in total. The lowest BCUT2D eigenvalue weighted by molar-refractivity contribution is 0.0931. The summed E-state index contributed by atoms with van der Waals surface area (Å²) in [6.07, 6.45) is 7.06. The van der Waals surface area contributed by atoms with Gasteiger partial charge in [0.1, 0.15) is 0 Å². The maximum Gasteiger partial charge on any atom is 0.251 e. The largest absolute Gasteiger partial charge is 0.493 e. The number of likely N-dealkylation sites (tertiary alicyclic amines) is 1. The van der Waals surface area contributed by atoms with Gasteiger partial charge in [-0.3, -0.25) is 9.69 Å². The van der Waals surface area contributed by atoms with Gasteiger partial charge in [-0.2, -0.15) is 0 Å². The quantitative estimate of drug-likeness (QED) is 0.794. The number of carbonyl (C=O) groups is 1. The zero-order chi connectivity index (χ0) is 19.9. The molecule has 0 saturated carbocycles. The molecule has 1 amide bonds. The highest BCUT2D eigenvalue weighted by molar-refractivity contribution is 5.94. The van der Waals surface area contributed by atoms with E-state index in [1.165, 1.54) is 31.4 Å². The van der Waals surface area contributed by atoms with E-state index in [1.807, 2.05) is 0 Å². The van der Waals surface area contributed by atoms with E-state index in [0.717, 1.165) is 13.1 Å². The number of aryl methyl sites for hydroxylation is 1. The van der Waals surface area contributed by atoms with E-state index in [2.05, 4.69) is 40.2 Å². The van der Waals surface area contributed by atoms with Crippen molar-refractivity contribution in [3.05, 3.63) is 47.8 Å². The van der Waals surface area contributed by atoms with Crippen molar-refractivity contribution < 1.29 is 14.3 Å². The Balaban J connectivity index is 1.74. The van der Waals surface area contributed by atoms with E-state index in [9.17, 15) is 4.79 Å². The van der Waals surface area contributed by atoms with Crippen molar-refractivity contribution in [1.82, 2.24) is 14.8 Å². The van der Waals surface area contributed by atoms with Crippen LogP contribution in [0.1, 0.15) is 47.8 Å². The molecule has 3 rings (SSSR count). The summed E-state index contributed by atoms with van der Waals surface area (Å²) < 4.78 is 12.7. The Kier molecular flexibility index (Phi) is 6.98. The Morgan fingerprint density at radius 3 is 2.39 bits per heavy atom. The van der Waals surface area contributed by atoms with Crippen LogP contribution in [0, 0.1) is 0 Å². The smallest absolute Gasteiger partial charge is 0.251 e. The van der Waals surface area contributed by atoms with Crippen molar-refractivity contribution in [2.24, 2.45) is 7.05 Å². The normalized spacial score (nSPS) is 16.2. The molecule has 1 saturated heterocycles. The molecule has 0 aliphatic carbocycles. The van der Waals surface area contributed by atoms with Crippen LogP contribution in [0.25, 0.3) is 0 Å². The number of nitrogens with zero attached hydrogens (tertiary/aromatic N) is 2. The molecule has 6 nitrogen and oxygen atoms in total. The molecule has 1 fully saturated rings. The predicted molar refractivity (Wildman–Crippen MR) is 110 cm³/mol. The monoisotopic (exact) mass is 385 g/mol. The number of hydrogen-bond acceptors (Lipinski definition) is 4. The summed E-state index contributed by atoms with van der Waals surface area (Å²) in [6.45, 7) is 2.72. The molecule has 0 unspecified atom stereocenters. The van der Waals surface area contributed by atoms with Gasteiger partial charge in [0, 0.05) is 31.0 Å². The molecule has 0 bridgehead atoms. The number of aromatic nitrogens is 1. The average Bonchev–Trinajstić information content (AvgIpc) is 2.97. The van der Waals surface area contributed by atoms with Gasteiger partial charge >= 0.3 is 0 Å². The molecule has 1 aromatic carbocycles. The molecule has 1 aliphatic heterocycles.